The van der Waals surface area contributed by atoms with Gasteiger partial charge in [0.15, 0.2) is 11.5 Å². The zero-order chi connectivity index (χ0) is 15.8. The molecule has 1 N–H and O–H groups in total. The van der Waals surface area contributed by atoms with Crippen LogP contribution < -0.4 is 14.8 Å². The topological polar surface area (TPSA) is 60.5 Å². The van der Waals surface area contributed by atoms with Crippen LogP contribution in [0.15, 0.2) is 18.2 Å². The van der Waals surface area contributed by atoms with Crippen LogP contribution >= 0.6 is 11.3 Å². The first kappa shape index (κ1) is 14.5. The van der Waals surface area contributed by atoms with Gasteiger partial charge in [-0.2, -0.15) is 0 Å². The summed E-state index contributed by atoms with van der Waals surface area (Å²) >= 11 is 1.71. The van der Waals surface area contributed by atoms with Gasteiger partial charge in [0.25, 0.3) is 0 Å². The number of aromatic nitrogens is 1. The third kappa shape index (κ3) is 2.91. The second-order valence-electron chi connectivity index (χ2n) is 5.89. The van der Waals surface area contributed by atoms with Gasteiger partial charge in [-0.05, 0) is 38.3 Å². The van der Waals surface area contributed by atoms with Crippen molar-refractivity contribution in [2.75, 3.05) is 18.5 Å². The molecule has 0 fully saturated rings. The summed E-state index contributed by atoms with van der Waals surface area (Å²) < 4.78 is 11.1. The lowest BCUT2D eigenvalue weighted by Gasteiger charge is -2.22. The number of amides is 1. The van der Waals surface area contributed by atoms with E-state index in [2.05, 4.69) is 10.3 Å². The fourth-order valence-electron chi connectivity index (χ4n) is 3.09. The van der Waals surface area contributed by atoms with Crippen molar-refractivity contribution in [3.63, 3.8) is 0 Å². The van der Waals surface area contributed by atoms with Crippen LogP contribution in [-0.2, 0) is 17.6 Å². The van der Waals surface area contributed by atoms with Crippen LogP contribution in [0.2, 0.25) is 0 Å². The number of aryl methyl sites for hydroxylation is 2. The predicted molar refractivity (Wildman–Crippen MR) is 88.4 cm³/mol. The zero-order valence-corrected chi connectivity index (χ0v) is 13.7. The van der Waals surface area contributed by atoms with Crippen molar-refractivity contribution < 1.29 is 14.3 Å². The lowest BCUT2D eigenvalue weighted by Crippen LogP contribution is -2.27. The average Bonchev–Trinajstić information content (AvgIpc) is 2.93. The predicted octanol–water partition coefficient (Wildman–Crippen LogP) is 2.97. The molecule has 6 heteroatoms. The van der Waals surface area contributed by atoms with Gasteiger partial charge >= 0.3 is 0 Å². The van der Waals surface area contributed by atoms with Crippen LogP contribution in [0.25, 0.3) is 0 Å². The van der Waals surface area contributed by atoms with E-state index in [1.807, 2.05) is 25.1 Å². The summed E-state index contributed by atoms with van der Waals surface area (Å²) in [6, 6.07) is 5.53. The Morgan fingerprint density at radius 1 is 1.30 bits per heavy atom. The highest BCUT2D eigenvalue weighted by Crippen LogP contribution is 2.34. The smallest absolute Gasteiger partial charge is 0.227 e. The number of nitrogens with one attached hydrogen (secondary N) is 1. The van der Waals surface area contributed by atoms with Gasteiger partial charge in [0, 0.05) is 22.5 Å². The molecular formula is C17H18N2O3S. The van der Waals surface area contributed by atoms with E-state index < -0.39 is 0 Å². The Morgan fingerprint density at radius 3 is 3.00 bits per heavy atom. The maximum absolute atomic E-state index is 12.6. The molecule has 2 aliphatic rings. The van der Waals surface area contributed by atoms with Crippen molar-refractivity contribution in [3.05, 3.63) is 33.8 Å². The van der Waals surface area contributed by atoms with E-state index in [4.69, 9.17) is 9.47 Å². The van der Waals surface area contributed by atoms with Crippen molar-refractivity contribution in [3.8, 4) is 11.5 Å². The third-order valence-electron chi connectivity index (χ3n) is 4.23. The number of thiazole rings is 1. The summed E-state index contributed by atoms with van der Waals surface area (Å²) in [5, 5.41) is 4.10. The van der Waals surface area contributed by atoms with E-state index in [0.29, 0.717) is 19.0 Å². The molecule has 1 unspecified atom stereocenters. The molecule has 1 aliphatic carbocycles. The van der Waals surface area contributed by atoms with Crippen molar-refractivity contribution >= 4 is 22.9 Å². The maximum Gasteiger partial charge on any atom is 0.227 e. The summed E-state index contributed by atoms with van der Waals surface area (Å²) in [5.41, 5.74) is 1.93. The largest absolute Gasteiger partial charge is 0.486 e. The van der Waals surface area contributed by atoms with Crippen LogP contribution in [0.5, 0.6) is 11.5 Å². The molecule has 5 nitrogen and oxygen atoms in total. The van der Waals surface area contributed by atoms with Gasteiger partial charge in [-0.1, -0.05) is 0 Å². The van der Waals surface area contributed by atoms with E-state index in [0.717, 1.165) is 35.7 Å². The number of nitrogens with zero attached hydrogens (tertiary/aromatic N) is 1. The number of carbonyl (C=O) groups excluding carboxylic acids is 1. The molecule has 0 radical (unpaired) electrons. The molecule has 1 aromatic heterocycles. The highest BCUT2D eigenvalue weighted by Gasteiger charge is 2.27. The fourth-order valence-corrected chi connectivity index (χ4v) is 4.16. The molecule has 2 heterocycles. The number of benzene rings is 1. The summed E-state index contributed by atoms with van der Waals surface area (Å²) in [5.74, 6) is 1.50. The fraction of sp³-hybridized carbons (Fsp3) is 0.412. The molecule has 1 atom stereocenters. The lowest BCUT2D eigenvalue weighted by molar-refractivity contribution is -0.120. The van der Waals surface area contributed by atoms with Gasteiger partial charge in [0.1, 0.15) is 13.2 Å². The minimum atomic E-state index is 0.00977. The highest BCUT2D eigenvalue weighted by molar-refractivity contribution is 7.11. The molecule has 2 aromatic rings. The molecule has 23 heavy (non-hydrogen) atoms. The van der Waals surface area contributed by atoms with Crippen molar-refractivity contribution in [1.82, 2.24) is 4.98 Å². The van der Waals surface area contributed by atoms with E-state index >= 15 is 0 Å². The monoisotopic (exact) mass is 330 g/mol. The molecule has 4 rings (SSSR count). The molecule has 0 saturated heterocycles. The van der Waals surface area contributed by atoms with E-state index in [1.54, 1.807) is 11.3 Å². The van der Waals surface area contributed by atoms with E-state index in [9.17, 15) is 4.79 Å². The van der Waals surface area contributed by atoms with Crippen molar-refractivity contribution in [2.24, 2.45) is 5.92 Å². The summed E-state index contributed by atoms with van der Waals surface area (Å²) in [4.78, 5) is 18.3. The number of hydrogen-bond donors (Lipinski definition) is 1. The van der Waals surface area contributed by atoms with Crippen LogP contribution in [0.4, 0.5) is 5.69 Å². The number of ether oxygens (including phenoxy) is 2. The standard InChI is InChI=1S/C17H18N2O3S/c1-10-18-13-4-2-11(8-16(13)23-10)17(20)19-12-3-5-14-15(9-12)22-7-6-21-14/h3,5,9,11H,2,4,6-8H2,1H3,(H,19,20). The summed E-state index contributed by atoms with van der Waals surface area (Å²) in [7, 11) is 0. The van der Waals surface area contributed by atoms with Gasteiger partial charge in [-0.3, -0.25) is 4.79 Å². The van der Waals surface area contributed by atoms with Crippen LogP contribution in [0, 0.1) is 12.8 Å². The van der Waals surface area contributed by atoms with Gasteiger partial charge in [-0.25, -0.2) is 4.98 Å². The Bertz CT molecular complexity index is 756. The number of rotatable bonds is 2. The normalized spacial score (nSPS) is 19.1. The number of hydrogen-bond acceptors (Lipinski definition) is 5. The van der Waals surface area contributed by atoms with Crippen LogP contribution in [0.3, 0.4) is 0 Å². The average molecular weight is 330 g/mol. The number of anilines is 1. The minimum absolute atomic E-state index is 0.00977. The molecule has 120 valence electrons. The molecule has 1 aromatic carbocycles. The van der Waals surface area contributed by atoms with Gasteiger partial charge in [0.2, 0.25) is 5.91 Å². The molecule has 0 bridgehead atoms. The minimum Gasteiger partial charge on any atom is -0.486 e. The van der Waals surface area contributed by atoms with Gasteiger partial charge in [0.05, 0.1) is 10.7 Å². The first-order chi connectivity index (χ1) is 11.2. The molecule has 0 saturated carbocycles. The van der Waals surface area contributed by atoms with Gasteiger partial charge in [-0.15, -0.1) is 11.3 Å². The van der Waals surface area contributed by atoms with Crippen molar-refractivity contribution in [2.45, 2.75) is 26.2 Å². The Labute approximate surface area is 138 Å². The molecule has 0 spiro atoms. The molecule has 1 amide bonds. The van der Waals surface area contributed by atoms with Gasteiger partial charge < -0.3 is 14.8 Å². The molecular weight excluding hydrogens is 312 g/mol. The summed E-state index contributed by atoms with van der Waals surface area (Å²) in [6.45, 7) is 3.13. The van der Waals surface area contributed by atoms with E-state index in [-0.39, 0.29) is 11.8 Å². The Hall–Kier alpha value is -2.08. The first-order valence-electron chi connectivity index (χ1n) is 7.85. The Balaban J connectivity index is 1.46. The Morgan fingerprint density at radius 2 is 2.13 bits per heavy atom. The van der Waals surface area contributed by atoms with Crippen molar-refractivity contribution in [1.29, 1.82) is 0 Å². The van der Waals surface area contributed by atoms with Crippen LogP contribution in [0.1, 0.15) is 22.0 Å². The second-order valence-corrected chi connectivity index (χ2v) is 7.18. The maximum atomic E-state index is 12.6. The molecule has 1 aliphatic heterocycles. The van der Waals surface area contributed by atoms with Crippen LogP contribution in [-0.4, -0.2) is 24.1 Å². The highest BCUT2D eigenvalue weighted by atomic mass is 32.1. The SMILES string of the molecule is Cc1nc2c(s1)CC(C(=O)Nc1ccc3c(c1)OCCO3)CC2. The zero-order valence-electron chi connectivity index (χ0n) is 12.9. The number of fused-ring (bicyclic) bond motifs is 2. The summed E-state index contributed by atoms with van der Waals surface area (Å²) in [6.07, 6.45) is 2.53. The third-order valence-corrected chi connectivity index (χ3v) is 5.26. The second kappa shape index (κ2) is 5.85. The number of carbonyl (C=O) groups is 1. The Kier molecular flexibility index (Phi) is 3.69. The quantitative estimate of drug-likeness (QED) is 0.920. The lowest BCUT2D eigenvalue weighted by atomic mass is 9.90. The first-order valence-corrected chi connectivity index (χ1v) is 8.66. The van der Waals surface area contributed by atoms with E-state index in [1.165, 1.54) is 10.6 Å².